The van der Waals surface area contributed by atoms with Crippen LogP contribution in [0, 0.1) is 23.2 Å². The third kappa shape index (κ3) is 2.08. The number of hydrogen-bond donors (Lipinski definition) is 1. The van der Waals surface area contributed by atoms with E-state index < -0.39 is 0 Å². The third-order valence-corrected chi connectivity index (χ3v) is 6.20. The molecule has 116 valence electrons. The number of rotatable bonds is 2. The minimum absolute atomic E-state index is 0.123. The lowest BCUT2D eigenvalue weighted by atomic mass is 9.49. The first-order chi connectivity index (χ1) is 10.1. The van der Waals surface area contributed by atoms with Crippen LogP contribution in [-0.4, -0.2) is 33.7 Å². The molecular weight excluding hydrogens is 268 g/mol. The first-order valence-corrected chi connectivity index (χ1v) is 8.41. The normalized spacial score (nSPS) is 41.5. The lowest BCUT2D eigenvalue weighted by Crippen LogP contribution is -2.59. The molecule has 0 aromatic rings. The Morgan fingerprint density at radius 3 is 2.19 bits per heavy atom. The predicted molar refractivity (Wildman–Crippen MR) is 74.8 cm³/mol. The highest BCUT2D eigenvalue weighted by Gasteiger charge is 2.56. The van der Waals surface area contributed by atoms with Gasteiger partial charge in [0.1, 0.15) is 0 Å². The summed E-state index contributed by atoms with van der Waals surface area (Å²) in [6.07, 6.45) is 8.68. The topological polar surface area (TPSA) is 60.9 Å². The van der Waals surface area contributed by atoms with Crippen LogP contribution in [0.2, 0.25) is 0 Å². The van der Waals surface area contributed by atoms with Crippen LogP contribution in [0.3, 0.4) is 0 Å². The number of carbonyl (C=O) groups excluding carboxylic acids is 2. The van der Waals surface area contributed by atoms with Gasteiger partial charge in [0.15, 0.2) is 0 Å². The molecule has 2 amide bonds. The number of nitrogens with zero attached hydrogens (tertiary/aromatic N) is 2. The quantitative estimate of drug-likeness (QED) is 0.628. The second-order valence-electron chi connectivity index (χ2n) is 7.77. The van der Waals surface area contributed by atoms with Gasteiger partial charge >= 0.3 is 0 Å². The standard InChI is InChI=1S/C16H24N2O3/c19-14-3-1-2-4-17(14)18(21)15(20)16-8-11-5-12(9-16)7-13(6-11)10-16/h11-13,21H,1-10H2. The van der Waals surface area contributed by atoms with Crippen molar-refractivity contribution in [3.8, 4) is 0 Å². The van der Waals surface area contributed by atoms with E-state index in [2.05, 4.69) is 0 Å². The van der Waals surface area contributed by atoms with Crippen LogP contribution in [0.15, 0.2) is 0 Å². The Kier molecular flexibility index (Phi) is 3.03. The Morgan fingerprint density at radius 1 is 1.10 bits per heavy atom. The maximum Gasteiger partial charge on any atom is 0.272 e. The molecule has 5 nitrogen and oxygen atoms in total. The molecular formula is C16H24N2O3. The van der Waals surface area contributed by atoms with Crippen LogP contribution in [0.4, 0.5) is 0 Å². The van der Waals surface area contributed by atoms with Crippen LogP contribution in [0.5, 0.6) is 0 Å². The van der Waals surface area contributed by atoms with Crippen molar-refractivity contribution in [2.24, 2.45) is 23.2 Å². The van der Waals surface area contributed by atoms with Gasteiger partial charge in [-0.1, -0.05) is 0 Å². The van der Waals surface area contributed by atoms with Gasteiger partial charge in [-0.25, -0.2) is 5.01 Å². The first kappa shape index (κ1) is 13.6. The number of piperidine rings is 1. The molecule has 4 saturated carbocycles. The molecule has 1 heterocycles. The summed E-state index contributed by atoms with van der Waals surface area (Å²) in [5.74, 6) is 1.64. The van der Waals surface area contributed by atoms with Crippen LogP contribution in [-0.2, 0) is 9.59 Å². The van der Waals surface area contributed by atoms with Gasteiger partial charge in [-0.2, -0.15) is 0 Å². The fourth-order valence-electron chi connectivity index (χ4n) is 5.69. The molecule has 1 saturated heterocycles. The van der Waals surface area contributed by atoms with Crippen molar-refractivity contribution in [2.75, 3.05) is 6.54 Å². The highest BCUT2D eigenvalue weighted by Crippen LogP contribution is 2.60. The number of hydrogen-bond acceptors (Lipinski definition) is 3. The molecule has 1 aliphatic heterocycles. The highest BCUT2D eigenvalue weighted by molar-refractivity contribution is 5.85. The van der Waals surface area contributed by atoms with Gasteiger partial charge in [0.2, 0.25) is 5.91 Å². The Hall–Kier alpha value is -1.10. The molecule has 0 aromatic heterocycles. The maximum absolute atomic E-state index is 12.9. The minimum Gasteiger partial charge on any atom is -0.273 e. The summed E-state index contributed by atoms with van der Waals surface area (Å²) in [7, 11) is 0. The van der Waals surface area contributed by atoms with E-state index in [1.807, 2.05) is 0 Å². The van der Waals surface area contributed by atoms with Gasteiger partial charge in [0.05, 0.1) is 5.41 Å². The second kappa shape index (κ2) is 4.70. The van der Waals surface area contributed by atoms with Gasteiger partial charge in [-0.15, -0.1) is 5.17 Å². The van der Waals surface area contributed by atoms with Crippen molar-refractivity contribution >= 4 is 11.8 Å². The van der Waals surface area contributed by atoms with Crippen LogP contribution < -0.4 is 0 Å². The number of hydrazine groups is 1. The molecule has 5 heteroatoms. The molecule has 4 aliphatic carbocycles. The predicted octanol–water partition coefficient (Wildman–Crippen LogP) is 2.35. The van der Waals surface area contributed by atoms with Crippen molar-refractivity contribution in [3.63, 3.8) is 0 Å². The molecule has 4 bridgehead atoms. The van der Waals surface area contributed by atoms with Crippen molar-refractivity contribution < 1.29 is 14.8 Å². The summed E-state index contributed by atoms with van der Waals surface area (Å²) in [5, 5.41) is 12.3. The summed E-state index contributed by atoms with van der Waals surface area (Å²) in [6.45, 7) is 0.466. The summed E-state index contributed by atoms with van der Waals surface area (Å²) >= 11 is 0. The van der Waals surface area contributed by atoms with Gasteiger partial charge in [-0.3, -0.25) is 14.8 Å². The molecule has 0 unspecified atom stereocenters. The van der Waals surface area contributed by atoms with E-state index in [1.54, 1.807) is 0 Å². The van der Waals surface area contributed by atoms with Crippen LogP contribution >= 0.6 is 0 Å². The average molecular weight is 292 g/mol. The van der Waals surface area contributed by atoms with Crippen LogP contribution in [0.1, 0.15) is 57.8 Å². The summed E-state index contributed by atoms with van der Waals surface area (Å²) in [5.41, 5.74) is -0.388. The van der Waals surface area contributed by atoms with Crippen molar-refractivity contribution in [1.29, 1.82) is 0 Å². The SMILES string of the molecule is O=C1CCCCN1N(O)C(=O)C12CC3CC(CC(C3)C1)C2. The monoisotopic (exact) mass is 292 g/mol. The zero-order valence-electron chi connectivity index (χ0n) is 12.5. The van der Waals surface area contributed by atoms with Crippen molar-refractivity contribution in [1.82, 2.24) is 10.2 Å². The highest BCUT2D eigenvalue weighted by atomic mass is 16.6. The largest absolute Gasteiger partial charge is 0.273 e. The van der Waals surface area contributed by atoms with E-state index >= 15 is 0 Å². The first-order valence-electron chi connectivity index (χ1n) is 8.41. The Bertz CT molecular complexity index is 441. The number of hydroxylamine groups is 1. The molecule has 5 rings (SSSR count). The smallest absolute Gasteiger partial charge is 0.272 e. The minimum atomic E-state index is -0.388. The lowest BCUT2D eigenvalue weighted by molar-refractivity contribution is -0.252. The lowest BCUT2D eigenvalue weighted by Gasteiger charge is -2.56. The Morgan fingerprint density at radius 2 is 1.67 bits per heavy atom. The summed E-state index contributed by atoms with van der Waals surface area (Å²) in [6, 6.07) is 0. The summed E-state index contributed by atoms with van der Waals surface area (Å²) in [4.78, 5) is 24.9. The molecule has 0 radical (unpaired) electrons. The van der Waals surface area contributed by atoms with E-state index in [0.717, 1.165) is 32.1 Å². The van der Waals surface area contributed by atoms with Gasteiger partial charge in [-0.05, 0) is 69.1 Å². The Labute approximate surface area is 125 Å². The fraction of sp³-hybridized carbons (Fsp3) is 0.875. The molecule has 5 fully saturated rings. The molecule has 0 aromatic carbocycles. The molecule has 0 atom stereocenters. The van der Waals surface area contributed by atoms with E-state index in [-0.39, 0.29) is 17.2 Å². The molecule has 5 aliphatic rings. The zero-order chi connectivity index (χ0) is 14.6. The molecule has 1 N–H and O–H groups in total. The van der Waals surface area contributed by atoms with Gasteiger partial charge in [0.25, 0.3) is 5.91 Å². The van der Waals surface area contributed by atoms with Crippen LogP contribution in [0.25, 0.3) is 0 Å². The third-order valence-electron chi connectivity index (χ3n) is 6.20. The van der Waals surface area contributed by atoms with E-state index in [0.29, 0.717) is 35.9 Å². The maximum atomic E-state index is 12.9. The second-order valence-corrected chi connectivity index (χ2v) is 7.77. The fourth-order valence-corrected chi connectivity index (χ4v) is 5.69. The van der Waals surface area contributed by atoms with Crippen molar-refractivity contribution in [3.05, 3.63) is 0 Å². The van der Waals surface area contributed by atoms with E-state index in [9.17, 15) is 14.8 Å². The van der Waals surface area contributed by atoms with E-state index in [4.69, 9.17) is 0 Å². The number of carbonyl (C=O) groups is 2. The van der Waals surface area contributed by atoms with Gasteiger partial charge in [0, 0.05) is 13.0 Å². The van der Waals surface area contributed by atoms with E-state index in [1.165, 1.54) is 24.3 Å². The molecule has 21 heavy (non-hydrogen) atoms. The Balaban J connectivity index is 1.55. The average Bonchev–Trinajstić information content (AvgIpc) is 2.45. The molecule has 0 spiro atoms. The number of amides is 2. The van der Waals surface area contributed by atoms with Crippen molar-refractivity contribution in [2.45, 2.75) is 57.8 Å². The zero-order valence-corrected chi connectivity index (χ0v) is 12.5. The van der Waals surface area contributed by atoms with Gasteiger partial charge < -0.3 is 0 Å². The summed E-state index contributed by atoms with van der Waals surface area (Å²) < 4.78 is 0.